The Morgan fingerprint density at radius 3 is 2.24 bits per heavy atom. The van der Waals surface area contributed by atoms with Crippen molar-refractivity contribution in [2.45, 2.75) is 58.7 Å². The molecule has 180 valence electrons. The normalized spacial score (nSPS) is 19.0. The first kappa shape index (κ1) is 25.7. The minimum absolute atomic E-state index is 0.0314. The summed E-state index contributed by atoms with van der Waals surface area (Å²) in [6.45, 7) is 5.87. The van der Waals surface area contributed by atoms with E-state index in [1.165, 1.54) is 0 Å². The second-order valence-corrected chi connectivity index (χ2v) is 17.2. The number of rotatable bonds is 8. The van der Waals surface area contributed by atoms with Crippen molar-refractivity contribution in [3.8, 4) is 0 Å². The first-order valence-corrected chi connectivity index (χ1v) is 15.6. The number of halogens is 1. The van der Waals surface area contributed by atoms with Crippen LogP contribution in [0.3, 0.4) is 0 Å². The van der Waals surface area contributed by atoms with Crippen LogP contribution in [-0.2, 0) is 20.9 Å². The van der Waals surface area contributed by atoms with Gasteiger partial charge >= 0.3 is 203 Å². The maximum absolute atomic E-state index is 13.7. The zero-order valence-electron chi connectivity index (χ0n) is 20.3. The van der Waals surface area contributed by atoms with Gasteiger partial charge in [-0.15, -0.1) is 0 Å². The van der Waals surface area contributed by atoms with E-state index in [1.807, 2.05) is 56.3 Å². The average molecular weight is 490 g/mol. The molecule has 1 saturated heterocycles. The second-order valence-electron chi connectivity index (χ2n) is 10.1. The van der Waals surface area contributed by atoms with Crippen LogP contribution in [-0.4, -0.2) is 42.7 Å². The number of esters is 1. The minimum atomic E-state index is -2.69. The van der Waals surface area contributed by atoms with Crippen molar-refractivity contribution in [1.82, 2.24) is 0 Å². The molecule has 0 radical (unpaired) electrons. The molecule has 2 aromatic carbocycles. The molecule has 1 atom stereocenters. The zero-order valence-corrected chi connectivity index (χ0v) is 22.0. The second kappa shape index (κ2) is 10.6. The predicted octanol–water partition coefficient (Wildman–Crippen LogP) is 6.78. The van der Waals surface area contributed by atoms with E-state index < -0.39 is 6.60 Å². The van der Waals surface area contributed by atoms with E-state index in [4.69, 9.17) is 16.3 Å². The number of carbonyl (C=O) groups excluding carboxylic acids is 2. The zero-order chi connectivity index (χ0) is 24.1. The number of anilines is 1. The van der Waals surface area contributed by atoms with Crippen LogP contribution in [0.5, 0.6) is 0 Å². The quantitative estimate of drug-likeness (QED) is 0.328. The van der Waals surface area contributed by atoms with Gasteiger partial charge in [0.15, 0.2) is 0 Å². The van der Waals surface area contributed by atoms with Crippen molar-refractivity contribution in [2.24, 2.45) is 0 Å². The number of hydrogen-bond donors (Lipinski definition) is 1. The van der Waals surface area contributed by atoms with E-state index in [2.05, 4.69) is 18.9 Å². The molecule has 0 aliphatic carbocycles. The molecule has 1 heterocycles. The van der Waals surface area contributed by atoms with Crippen LogP contribution >= 0.6 is 18.2 Å². The molecule has 1 aliphatic heterocycles. The van der Waals surface area contributed by atoms with Gasteiger partial charge in [-0.25, -0.2) is 0 Å². The Hall–Kier alpha value is -1.90. The summed E-state index contributed by atoms with van der Waals surface area (Å²) >= 11 is 6.19. The molecule has 4 nitrogen and oxygen atoms in total. The molecule has 2 aromatic rings. The van der Waals surface area contributed by atoms with Gasteiger partial charge in [-0.2, -0.15) is 0 Å². The Balaban J connectivity index is 1.83. The number of amides is 1. The Bertz CT molecular complexity index is 979. The van der Waals surface area contributed by atoms with Crippen LogP contribution in [0, 0.1) is 13.8 Å². The molecule has 1 fully saturated rings. The number of carbonyl (C=O) groups is 2. The number of benzene rings is 2. The van der Waals surface area contributed by atoms with Gasteiger partial charge in [-0.3, -0.25) is 0 Å². The third-order valence-corrected chi connectivity index (χ3v) is 14.7. The summed E-state index contributed by atoms with van der Waals surface area (Å²) in [6.07, 6.45) is 6.35. The third-order valence-electron chi connectivity index (χ3n) is 7.41. The standard InChI is InChI=1S/C27H37ClNO3P/c1-5-24(27(31)29-26-20(2)16-23(28)17-21(26)3)33(4,14-10-7-11-15-33)19-25(30)32-18-22-12-8-6-9-13-22/h6,8-9,12-13,16-17,24H,5,7,10-11,14-15,18-19H2,1-4H3,(H,29,31). The Morgan fingerprint density at radius 1 is 1.06 bits per heavy atom. The van der Waals surface area contributed by atoms with Crippen LogP contribution in [0.4, 0.5) is 5.69 Å². The third kappa shape index (κ3) is 5.97. The van der Waals surface area contributed by atoms with Crippen molar-refractivity contribution in [1.29, 1.82) is 0 Å². The van der Waals surface area contributed by atoms with Crippen LogP contribution < -0.4 is 5.32 Å². The molecule has 1 unspecified atom stereocenters. The molecule has 0 spiro atoms. The first-order chi connectivity index (χ1) is 15.6. The number of ether oxygens (including phenoxy) is 1. The summed E-state index contributed by atoms with van der Waals surface area (Å²) in [5.74, 6) is -0.144. The molecule has 1 aliphatic rings. The molecule has 3 rings (SSSR count). The van der Waals surface area contributed by atoms with Crippen LogP contribution in [0.25, 0.3) is 0 Å². The van der Waals surface area contributed by atoms with Gasteiger partial charge in [0, 0.05) is 0 Å². The monoisotopic (exact) mass is 489 g/mol. The van der Waals surface area contributed by atoms with Crippen molar-refractivity contribution < 1.29 is 14.3 Å². The molecule has 1 amide bonds. The molecule has 0 bridgehead atoms. The van der Waals surface area contributed by atoms with Crippen molar-refractivity contribution in [2.75, 3.05) is 30.5 Å². The fraction of sp³-hybridized carbons (Fsp3) is 0.481. The molecule has 6 heteroatoms. The fourth-order valence-electron chi connectivity index (χ4n) is 5.64. The summed E-state index contributed by atoms with van der Waals surface area (Å²) in [6, 6.07) is 13.5. The van der Waals surface area contributed by atoms with E-state index in [0.717, 1.165) is 60.4 Å². The van der Waals surface area contributed by atoms with Crippen LogP contribution in [0.15, 0.2) is 42.5 Å². The van der Waals surface area contributed by atoms with E-state index in [0.29, 0.717) is 11.2 Å². The van der Waals surface area contributed by atoms with Crippen LogP contribution in [0.2, 0.25) is 5.02 Å². The number of hydrogen-bond acceptors (Lipinski definition) is 3. The van der Waals surface area contributed by atoms with Gasteiger partial charge in [-0.05, 0) is 0 Å². The summed E-state index contributed by atoms with van der Waals surface area (Å²) in [5.41, 5.74) is 3.54. The summed E-state index contributed by atoms with van der Waals surface area (Å²) in [5, 5.41) is 3.89. The Kier molecular flexibility index (Phi) is 8.24. The first-order valence-electron chi connectivity index (χ1n) is 11.9. The van der Waals surface area contributed by atoms with Gasteiger partial charge in [0.2, 0.25) is 0 Å². The molecule has 33 heavy (non-hydrogen) atoms. The van der Waals surface area contributed by atoms with Gasteiger partial charge in [0.25, 0.3) is 0 Å². The molecule has 0 saturated carbocycles. The van der Waals surface area contributed by atoms with Crippen molar-refractivity contribution in [3.63, 3.8) is 0 Å². The van der Waals surface area contributed by atoms with Gasteiger partial charge in [-0.1, -0.05) is 0 Å². The fourth-order valence-corrected chi connectivity index (χ4v) is 12.5. The topological polar surface area (TPSA) is 55.4 Å². The van der Waals surface area contributed by atoms with Crippen molar-refractivity contribution >= 4 is 35.8 Å². The maximum atomic E-state index is 13.7. The van der Waals surface area contributed by atoms with E-state index >= 15 is 0 Å². The molecule has 1 N–H and O–H groups in total. The SMILES string of the molecule is CCC(C(=O)Nc1c(C)cc(Cl)cc1C)P1(C)(CC(=O)OCc2ccccc2)CCCCC1. The summed E-state index contributed by atoms with van der Waals surface area (Å²) in [7, 11) is 0. The Morgan fingerprint density at radius 2 is 1.67 bits per heavy atom. The van der Waals surface area contributed by atoms with E-state index in [1.54, 1.807) is 0 Å². The summed E-state index contributed by atoms with van der Waals surface area (Å²) < 4.78 is 5.71. The molecule has 0 aromatic heterocycles. The predicted molar refractivity (Wildman–Crippen MR) is 141 cm³/mol. The van der Waals surface area contributed by atoms with Gasteiger partial charge in [0.05, 0.1) is 0 Å². The van der Waals surface area contributed by atoms with Crippen LogP contribution in [0.1, 0.15) is 49.3 Å². The number of aryl methyl sites for hydroxylation is 2. The average Bonchev–Trinajstić information content (AvgIpc) is 2.76. The number of nitrogens with one attached hydrogen (secondary N) is 1. The van der Waals surface area contributed by atoms with Crippen molar-refractivity contribution in [3.05, 3.63) is 64.2 Å². The van der Waals surface area contributed by atoms with E-state index in [-0.39, 0.29) is 24.1 Å². The molecular formula is C27H37ClNO3P. The Labute approximate surface area is 203 Å². The van der Waals surface area contributed by atoms with Gasteiger partial charge in [0.1, 0.15) is 0 Å². The summed E-state index contributed by atoms with van der Waals surface area (Å²) in [4.78, 5) is 26.8. The van der Waals surface area contributed by atoms with E-state index in [9.17, 15) is 9.59 Å². The molecular weight excluding hydrogens is 453 g/mol. The van der Waals surface area contributed by atoms with Gasteiger partial charge < -0.3 is 0 Å².